The molecule has 0 aliphatic rings. The van der Waals surface area contributed by atoms with E-state index in [0.717, 1.165) is 22.8 Å². The maximum atomic E-state index is 13.9. The fourth-order valence-electron chi connectivity index (χ4n) is 2.45. The molecular formula is C17H16F2N4OS. The van der Waals surface area contributed by atoms with Crippen molar-refractivity contribution in [2.45, 2.75) is 20.3 Å². The number of benzene rings is 1. The van der Waals surface area contributed by atoms with E-state index in [9.17, 15) is 13.6 Å². The number of hydrogen-bond acceptors (Lipinski definition) is 4. The third-order valence-electron chi connectivity index (χ3n) is 3.73. The number of nitrogens with zero attached hydrogens (tertiary/aromatic N) is 3. The molecule has 130 valence electrons. The molecule has 2 heterocycles. The normalized spacial score (nSPS) is 10.9. The molecule has 0 saturated heterocycles. The molecule has 0 aliphatic heterocycles. The second kappa shape index (κ2) is 7.10. The van der Waals surface area contributed by atoms with Crippen LogP contribution in [0.4, 0.5) is 8.78 Å². The molecule has 0 saturated carbocycles. The van der Waals surface area contributed by atoms with Gasteiger partial charge in [-0.25, -0.2) is 18.4 Å². The molecule has 5 nitrogen and oxygen atoms in total. The zero-order valence-electron chi connectivity index (χ0n) is 13.7. The van der Waals surface area contributed by atoms with Gasteiger partial charge in [0.1, 0.15) is 11.5 Å². The molecule has 0 atom stereocenters. The van der Waals surface area contributed by atoms with Gasteiger partial charge in [0.15, 0.2) is 5.82 Å². The van der Waals surface area contributed by atoms with Crippen molar-refractivity contribution in [3.05, 3.63) is 63.4 Å². The maximum absolute atomic E-state index is 13.9. The van der Waals surface area contributed by atoms with Crippen LogP contribution in [0.1, 0.15) is 26.8 Å². The average Bonchev–Trinajstić information content (AvgIpc) is 3.13. The first-order valence-electron chi connectivity index (χ1n) is 7.65. The van der Waals surface area contributed by atoms with Gasteiger partial charge < -0.3 is 5.32 Å². The minimum Gasteiger partial charge on any atom is -0.352 e. The summed E-state index contributed by atoms with van der Waals surface area (Å²) >= 11 is 1.57. The van der Waals surface area contributed by atoms with Gasteiger partial charge in [-0.1, -0.05) is 0 Å². The van der Waals surface area contributed by atoms with Gasteiger partial charge in [-0.3, -0.25) is 4.79 Å². The molecule has 0 radical (unpaired) electrons. The van der Waals surface area contributed by atoms with E-state index in [-0.39, 0.29) is 11.6 Å². The van der Waals surface area contributed by atoms with Crippen LogP contribution in [0.25, 0.3) is 5.69 Å². The minimum atomic E-state index is -0.739. The minimum absolute atomic E-state index is 0.0934. The Hall–Kier alpha value is -2.61. The van der Waals surface area contributed by atoms with Crippen LogP contribution < -0.4 is 5.32 Å². The van der Waals surface area contributed by atoms with E-state index in [4.69, 9.17) is 0 Å². The first-order chi connectivity index (χ1) is 12.0. The summed E-state index contributed by atoms with van der Waals surface area (Å²) in [5, 5.41) is 9.80. The fourth-order valence-corrected chi connectivity index (χ4v) is 3.10. The summed E-state index contributed by atoms with van der Waals surface area (Å²) in [4.78, 5) is 16.6. The Morgan fingerprint density at radius 3 is 2.80 bits per heavy atom. The van der Waals surface area contributed by atoms with E-state index in [1.165, 1.54) is 16.9 Å². The first kappa shape index (κ1) is 17.2. The average molecular weight is 362 g/mol. The van der Waals surface area contributed by atoms with Crippen LogP contribution in [0.2, 0.25) is 0 Å². The first-order valence-corrected chi connectivity index (χ1v) is 8.53. The third-order valence-corrected chi connectivity index (χ3v) is 4.55. The molecule has 0 spiro atoms. The second-order valence-corrected chi connectivity index (χ2v) is 6.58. The Kier molecular flexibility index (Phi) is 4.89. The molecule has 1 N–H and O–H groups in total. The molecule has 0 aliphatic carbocycles. The van der Waals surface area contributed by atoms with E-state index in [1.807, 2.05) is 12.3 Å². The van der Waals surface area contributed by atoms with Gasteiger partial charge in [-0.15, -0.1) is 11.3 Å². The quantitative estimate of drug-likeness (QED) is 0.758. The number of carbonyl (C=O) groups is 1. The van der Waals surface area contributed by atoms with Crippen molar-refractivity contribution < 1.29 is 13.6 Å². The summed E-state index contributed by atoms with van der Waals surface area (Å²) in [7, 11) is 0. The molecule has 3 rings (SSSR count). The number of halogens is 2. The Morgan fingerprint density at radius 1 is 1.32 bits per heavy atom. The summed E-state index contributed by atoms with van der Waals surface area (Å²) in [6.45, 7) is 4.03. The second-order valence-electron chi connectivity index (χ2n) is 5.51. The summed E-state index contributed by atoms with van der Waals surface area (Å²) in [5.41, 5.74) is 1.85. The largest absolute Gasteiger partial charge is 0.352 e. The smallest absolute Gasteiger partial charge is 0.254 e. The number of amides is 1. The van der Waals surface area contributed by atoms with Gasteiger partial charge in [-0.2, -0.15) is 5.10 Å². The van der Waals surface area contributed by atoms with Gasteiger partial charge in [-0.05, 0) is 26.0 Å². The topological polar surface area (TPSA) is 59.8 Å². The SMILES string of the molecule is Cc1nc(CCNC(=O)c2cnn(-c3ccc(F)cc3F)c2C)cs1. The van der Waals surface area contributed by atoms with Crippen molar-refractivity contribution in [1.82, 2.24) is 20.1 Å². The molecule has 1 amide bonds. The van der Waals surface area contributed by atoms with Crippen molar-refractivity contribution in [3.63, 3.8) is 0 Å². The molecule has 0 fully saturated rings. The van der Waals surface area contributed by atoms with Crippen LogP contribution in [-0.4, -0.2) is 27.2 Å². The number of aromatic nitrogens is 3. The highest BCUT2D eigenvalue weighted by atomic mass is 32.1. The zero-order chi connectivity index (χ0) is 18.0. The van der Waals surface area contributed by atoms with Crippen molar-refractivity contribution >= 4 is 17.2 Å². The summed E-state index contributed by atoms with van der Waals surface area (Å²) in [5.74, 6) is -1.70. The monoisotopic (exact) mass is 362 g/mol. The third kappa shape index (κ3) is 3.74. The van der Waals surface area contributed by atoms with E-state index < -0.39 is 11.6 Å². The molecule has 3 aromatic rings. The Bertz CT molecular complexity index is 919. The van der Waals surface area contributed by atoms with Crippen molar-refractivity contribution in [2.75, 3.05) is 6.54 Å². The molecule has 1 aromatic carbocycles. The Balaban J connectivity index is 1.70. The van der Waals surface area contributed by atoms with Gasteiger partial charge in [0.2, 0.25) is 0 Å². The van der Waals surface area contributed by atoms with Crippen LogP contribution in [-0.2, 0) is 6.42 Å². The summed E-state index contributed by atoms with van der Waals surface area (Å²) < 4.78 is 28.2. The number of carbonyl (C=O) groups excluding carboxylic acids is 1. The van der Waals surface area contributed by atoms with Gasteiger partial charge in [0.05, 0.1) is 28.2 Å². The summed E-state index contributed by atoms with van der Waals surface area (Å²) in [6.07, 6.45) is 2.01. The van der Waals surface area contributed by atoms with E-state index in [2.05, 4.69) is 15.4 Å². The lowest BCUT2D eigenvalue weighted by molar-refractivity contribution is 0.0953. The summed E-state index contributed by atoms with van der Waals surface area (Å²) in [6, 6.07) is 3.22. The van der Waals surface area contributed by atoms with Crippen LogP contribution in [0.5, 0.6) is 0 Å². The van der Waals surface area contributed by atoms with Crippen LogP contribution >= 0.6 is 11.3 Å². The lowest BCUT2D eigenvalue weighted by Crippen LogP contribution is -2.26. The Labute approximate surface area is 147 Å². The number of aryl methyl sites for hydroxylation is 1. The predicted octanol–water partition coefficient (Wildman–Crippen LogP) is 3.20. The molecule has 0 unspecified atom stereocenters. The molecule has 8 heteroatoms. The standard InChI is InChI=1S/C17H16F2N4OS/c1-10-14(17(24)20-6-5-13-9-25-11(2)22-13)8-21-23(10)16-4-3-12(18)7-15(16)19/h3-4,7-9H,5-6H2,1-2H3,(H,20,24). The van der Waals surface area contributed by atoms with Crippen LogP contribution in [0.15, 0.2) is 29.8 Å². The van der Waals surface area contributed by atoms with Crippen LogP contribution in [0, 0.1) is 25.5 Å². The fraction of sp³-hybridized carbons (Fsp3) is 0.235. The number of rotatable bonds is 5. The van der Waals surface area contributed by atoms with Crippen molar-refractivity contribution in [3.8, 4) is 5.69 Å². The molecule has 2 aromatic heterocycles. The van der Waals surface area contributed by atoms with Gasteiger partial charge in [0, 0.05) is 24.4 Å². The van der Waals surface area contributed by atoms with Crippen molar-refractivity contribution in [2.24, 2.45) is 0 Å². The highest BCUT2D eigenvalue weighted by Crippen LogP contribution is 2.18. The van der Waals surface area contributed by atoms with E-state index in [0.29, 0.717) is 24.2 Å². The molecule has 25 heavy (non-hydrogen) atoms. The van der Waals surface area contributed by atoms with E-state index in [1.54, 1.807) is 18.3 Å². The number of thiazole rings is 1. The van der Waals surface area contributed by atoms with Gasteiger partial charge >= 0.3 is 0 Å². The lowest BCUT2D eigenvalue weighted by atomic mass is 10.2. The highest BCUT2D eigenvalue weighted by molar-refractivity contribution is 7.09. The lowest BCUT2D eigenvalue weighted by Gasteiger charge is -2.07. The van der Waals surface area contributed by atoms with Crippen LogP contribution in [0.3, 0.4) is 0 Å². The zero-order valence-corrected chi connectivity index (χ0v) is 14.5. The maximum Gasteiger partial charge on any atom is 0.254 e. The predicted molar refractivity (Wildman–Crippen MR) is 91.1 cm³/mol. The van der Waals surface area contributed by atoms with Gasteiger partial charge in [0.25, 0.3) is 5.91 Å². The van der Waals surface area contributed by atoms with E-state index >= 15 is 0 Å². The molecule has 0 bridgehead atoms. The van der Waals surface area contributed by atoms with Crippen molar-refractivity contribution in [1.29, 1.82) is 0 Å². The molecular weight excluding hydrogens is 346 g/mol. The Morgan fingerprint density at radius 2 is 2.12 bits per heavy atom. The number of hydrogen-bond donors (Lipinski definition) is 1. The number of nitrogens with one attached hydrogen (secondary N) is 1. The highest BCUT2D eigenvalue weighted by Gasteiger charge is 2.17.